The molecule has 0 aliphatic carbocycles. The second-order valence-electron chi connectivity index (χ2n) is 19.4. The molecule has 3 fully saturated rings. The van der Waals surface area contributed by atoms with Crippen molar-refractivity contribution >= 4 is 98.4 Å². The van der Waals surface area contributed by atoms with Gasteiger partial charge in [0.05, 0.1) is 29.1 Å². The van der Waals surface area contributed by atoms with Crippen molar-refractivity contribution in [1.82, 2.24) is 39.9 Å². The number of aromatic nitrogens is 6. The van der Waals surface area contributed by atoms with Gasteiger partial charge in [-0.25, -0.2) is 69.4 Å². The first-order valence-electron chi connectivity index (χ1n) is 24.0. The minimum absolute atomic E-state index is 0. The number of halogens is 5. The molecule has 0 saturated carbocycles. The average Bonchev–Trinajstić information content (AvgIpc) is 3.34. The van der Waals surface area contributed by atoms with Crippen LogP contribution in [0.4, 0.5) is 35.4 Å². The molecule has 3 saturated heterocycles. The fourth-order valence-electron chi connectivity index (χ4n) is 8.91. The first-order chi connectivity index (χ1) is 34.5. The Morgan fingerprint density at radius 2 is 1.00 bits per heavy atom. The summed E-state index contributed by atoms with van der Waals surface area (Å²) >= 11 is 0. The number of hydrogen-bond donors (Lipinski definition) is 3. The van der Waals surface area contributed by atoms with Crippen molar-refractivity contribution in [1.29, 1.82) is 0 Å². The summed E-state index contributed by atoms with van der Waals surface area (Å²) in [6, 6.07) is 13.7. The zero-order chi connectivity index (χ0) is 52.9. The number of piperidine rings is 3. The zero-order valence-corrected chi connectivity index (χ0v) is 45.3. The van der Waals surface area contributed by atoms with Gasteiger partial charge in [0.1, 0.15) is 59.5 Å². The van der Waals surface area contributed by atoms with Crippen LogP contribution in [-0.2, 0) is 23.8 Å². The van der Waals surface area contributed by atoms with Crippen molar-refractivity contribution in [3.63, 3.8) is 0 Å². The van der Waals surface area contributed by atoms with Crippen LogP contribution in [0.25, 0.3) is 32.7 Å². The van der Waals surface area contributed by atoms with Crippen molar-refractivity contribution in [2.45, 2.75) is 64.9 Å². The third kappa shape index (κ3) is 18.7. The lowest BCUT2D eigenvalue weighted by Crippen LogP contribution is -2.42. The number of carbonyl (C=O) groups excluding carboxylic acids is 1. The summed E-state index contributed by atoms with van der Waals surface area (Å²) in [5.74, 6) is 2.39. The molecular formula is C49H65Cl2F3N12O6S2. The van der Waals surface area contributed by atoms with E-state index in [-0.39, 0.29) is 41.7 Å². The number of hydrogen-bond acceptors (Lipinski definition) is 16. The Hall–Kier alpha value is -5.46. The topological polar surface area (TPSA) is 232 Å². The minimum atomic E-state index is -3.19. The Bertz CT molecular complexity index is 3050. The van der Waals surface area contributed by atoms with Gasteiger partial charge >= 0.3 is 6.09 Å². The molecule has 0 bridgehead atoms. The van der Waals surface area contributed by atoms with Crippen molar-refractivity contribution in [2.24, 2.45) is 23.5 Å². The third-order valence-corrected chi connectivity index (χ3v) is 12.8. The van der Waals surface area contributed by atoms with E-state index in [4.69, 9.17) is 10.5 Å². The molecule has 9 rings (SSSR count). The Kier molecular flexibility index (Phi) is 21.6. The average molecular weight is 1110 g/mol. The van der Waals surface area contributed by atoms with E-state index in [2.05, 4.69) is 65.3 Å². The highest BCUT2D eigenvalue weighted by atomic mass is 35.7. The predicted octanol–water partition coefficient (Wildman–Crippen LogP) is 7.60. The van der Waals surface area contributed by atoms with E-state index in [1.807, 2.05) is 20.8 Å². The largest absolute Gasteiger partial charge is 0.444 e. The van der Waals surface area contributed by atoms with E-state index in [0.29, 0.717) is 54.2 Å². The van der Waals surface area contributed by atoms with E-state index < -0.39 is 30.8 Å². The van der Waals surface area contributed by atoms with Gasteiger partial charge in [-0.3, -0.25) is 0 Å². The van der Waals surface area contributed by atoms with Crippen molar-refractivity contribution in [2.75, 3.05) is 86.1 Å². The molecule has 404 valence electrons. The Morgan fingerprint density at radius 3 is 1.35 bits per heavy atom. The number of amides is 1. The van der Waals surface area contributed by atoms with Crippen molar-refractivity contribution in [3.05, 3.63) is 91.0 Å². The molecular weight excluding hydrogens is 1040 g/mol. The Morgan fingerprint density at radius 1 is 0.649 bits per heavy atom. The highest BCUT2D eigenvalue weighted by Crippen LogP contribution is 2.31. The van der Waals surface area contributed by atoms with Crippen LogP contribution in [0, 0.1) is 35.2 Å². The summed E-state index contributed by atoms with van der Waals surface area (Å²) in [7, 11) is -1.88. The Balaban J connectivity index is 0.000000197. The smallest absolute Gasteiger partial charge is 0.407 e. The fraction of sp³-hybridized carbons (Fsp3) is 0.490. The van der Waals surface area contributed by atoms with Crippen LogP contribution in [0.15, 0.2) is 73.6 Å². The van der Waals surface area contributed by atoms with Crippen LogP contribution in [0.5, 0.6) is 0 Å². The van der Waals surface area contributed by atoms with E-state index in [1.165, 1.54) is 49.1 Å². The maximum absolute atomic E-state index is 13.7. The minimum Gasteiger partial charge on any atom is -0.444 e. The van der Waals surface area contributed by atoms with Gasteiger partial charge in [-0.15, -0.1) is 12.4 Å². The molecule has 6 heterocycles. The second-order valence-corrected chi connectivity index (χ2v) is 24.2. The molecule has 3 aliphatic heterocycles. The van der Waals surface area contributed by atoms with E-state index in [0.717, 1.165) is 112 Å². The van der Waals surface area contributed by atoms with Gasteiger partial charge in [0.15, 0.2) is 0 Å². The van der Waals surface area contributed by atoms with Gasteiger partial charge < -0.3 is 30.5 Å². The predicted molar refractivity (Wildman–Crippen MR) is 287 cm³/mol. The third-order valence-electron chi connectivity index (χ3n) is 12.1. The van der Waals surface area contributed by atoms with Gasteiger partial charge in [-0.2, -0.15) is 0 Å². The van der Waals surface area contributed by atoms with Gasteiger partial charge in [-0.1, -0.05) is 0 Å². The molecule has 25 heteroatoms. The molecule has 3 aromatic carbocycles. The number of ether oxygens (including phenoxy) is 1. The lowest BCUT2D eigenvalue weighted by atomic mass is 9.97. The summed E-state index contributed by atoms with van der Waals surface area (Å²) in [4.78, 5) is 43.9. The number of anilines is 3. The van der Waals surface area contributed by atoms with Crippen molar-refractivity contribution in [3.8, 4) is 0 Å². The number of nitrogens with one attached hydrogen (secondary N) is 2. The molecule has 3 atom stereocenters. The lowest BCUT2D eigenvalue weighted by molar-refractivity contribution is 0.0517. The van der Waals surface area contributed by atoms with E-state index >= 15 is 0 Å². The molecule has 74 heavy (non-hydrogen) atoms. The van der Waals surface area contributed by atoms with Gasteiger partial charge in [0.2, 0.25) is 19.1 Å². The number of nitrogens with two attached hydrogens (primary N) is 1. The van der Waals surface area contributed by atoms with Crippen molar-refractivity contribution < 1.29 is 39.5 Å². The molecule has 3 unspecified atom stereocenters. The fourth-order valence-corrected chi connectivity index (χ4v) is 9.45. The van der Waals surface area contributed by atoms with Crippen LogP contribution in [0.2, 0.25) is 0 Å². The molecule has 4 N–H and O–H groups in total. The van der Waals surface area contributed by atoms with Crippen LogP contribution in [0.3, 0.4) is 0 Å². The van der Waals surface area contributed by atoms with Crippen LogP contribution in [-0.4, -0.2) is 130 Å². The number of carbonyl (C=O) groups is 1. The number of alkyl carbamates (subject to hydrolysis) is 1. The second kappa shape index (κ2) is 26.8. The van der Waals surface area contributed by atoms with Crippen LogP contribution in [0.1, 0.15) is 59.3 Å². The number of sulfonamides is 1. The standard InChI is InChI=1S/C19H25FN4O2.C15H19FN4O2S.C14H17FN4.CH3ClO2S.ClH/c1-19(2,3)26-18(25)21-10-13-5-4-8-24(11-13)17-15-9-14(20)6-7-16(15)22-12-23-17;1-23(21,22)19-8-11-3-2-6-20(9-11)15-13-7-12(16)4-5-14(13)17-10-18-15;15-11-3-4-13-12(6-11)14(18-9-17-13)19-5-1-2-10(7-16)8-19;1-5(2,3)4;/h6-7,9,12-13H,4-5,8,10-11H2,1-3H3,(H,21,25);4-5,7,10-11,19H,2-3,6,8-9H2,1H3;3-4,6,9-10H,1-2,5,7-8,16H2;1H3;1H. The normalized spacial score (nSPS) is 18.2. The Labute approximate surface area is 441 Å². The number of rotatable bonds is 9. The number of nitrogens with zero attached hydrogens (tertiary/aromatic N) is 9. The summed E-state index contributed by atoms with van der Waals surface area (Å²) < 4.78 is 89.8. The SMILES string of the molecule is CC(C)(C)OC(=O)NCC1CCCN(c2ncnc3ccc(F)cc23)C1.CS(=O)(=O)Cl.CS(=O)(=O)NCC1CCCN(c2ncnc3ccc(F)cc23)C1.Cl.NCC1CCCN(c2ncnc3ccc(F)cc23)C1. The summed E-state index contributed by atoms with van der Waals surface area (Å²) in [6.45, 7) is 12.1. The molecule has 6 aromatic rings. The maximum atomic E-state index is 13.7. The lowest BCUT2D eigenvalue weighted by Gasteiger charge is -2.34. The quantitative estimate of drug-likeness (QED) is 0.118. The first kappa shape index (κ1) is 59.4. The maximum Gasteiger partial charge on any atom is 0.407 e. The highest BCUT2D eigenvalue weighted by molar-refractivity contribution is 8.13. The molecule has 3 aromatic heterocycles. The molecule has 0 radical (unpaired) electrons. The van der Waals surface area contributed by atoms with Crippen LogP contribution < -0.4 is 30.5 Å². The van der Waals surface area contributed by atoms with E-state index in [9.17, 15) is 34.8 Å². The summed E-state index contributed by atoms with van der Waals surface area (Å²) in [5, 5.41) is 5.03. The molecule has 3 aliphatic rings. The zero-order valence-electron chi connectivity index (χ0n) is 42.1. The van der Waals surface area contributed by atoms with Gasteiger partial charge in [0, 0.05) is 79.2 Å². The molecule has 18 nitrogen and oxygen atoms in total. The molecule has 1 amide bonds. The monoisotopic (exact) mass is 1110 g/mol. The summed E-state index contributed by atoms with van der Waals surface area (Å²) in [5.41, 5.74) is 7.46. The highest BCUT2D eigenvalue weighted by Gasteiger charge is 2.26. The van der Waals surface area contributed by atoms with Gasteiger partial charge in [-0.05, 0) is 138 Å². The first-order valence-corrected chi connectivity index (χ1v) is 28.6. The van der Waals surface area contributed by atoms with E-state index in [1.54, 1.807) is 24.5 Å². The number of fused-ring (bicyclic) bond motifs is 3. The number of benzene rings is 3. The molecule has 0 spiro atoms. The van der Waals surface area contributed by atoms with Gasteiger partial charge in [0.25, 0.3) is 0 Å². The van der Waals surface area contributed by atoms with Crippen LogP contribution >= 0.6 is 23.1 Å². The summed E-state index contributed by atoms with van der Waals surface area (Å²) in [6.07, 6.45) is 12.4.